The van der Waals surface area contributed by atoms with Gasteiger partial charge in [-0.3, -0.25) is 0 Å². The van der Waals surface area contributed by atoms with Gasteiger partial charge in [-0.05, 0) is 47.5 Å². The van der Waals surface area contributed by atoms with Crippen LogP contribution in [0.4, 0.5) is 0 Å². The van der Waals surface area contributed by atoms with Crippen LogP contribution in [-0.4, -0.2) is 11.7 Å². The van der Waals surface area contributed by atoms with Crippen molar-refractivity contribution in [2.75, 3.05) is 6.61 Å². The number of hydrogen-bond donors (Lipinski definition) is 1. The number of rotatable bonds is 6. The molecule has 0 radical (unpaired) electrons. The summed E-state index contributed by atoms with van der Waals surface area (Å²) in [5.74, 6) is 0.861. The van der Waals surface area contributed by atoms with Gasteiger partial charge in [0, 0.05) is 4.88 Å². The molecule has 0 aliphatic carbocycles. The van der Waals surface area contributed by atoms with Crippen molar-refractivity contribution in [2.45, 2.75) is 32.8 Å². The average molecular weight is 276 g/mol. The lowest BCUT2D eigenvalue weighted by Crippen LogP contribution is -2.00. The molecule has 2 aromatic rings. The topological polar surface area (TPSA) is 29.5 Å². The zero-order chi connectivity index (χ0) is 13.7. The van der Waals surface area contributed by atoms with E-state index in [1.54, 1.807) is 11.3 Å². The molecule has 0 bridgehead atoms. The van der Waals surface area contributed by atoms with Gasteiger partial charge in [0.25, 0.3) is 0 Å². The van der Waals surface area contributed by atoms with E-state index in [4.69, 9.17) is 4.74 Å². The quantitative estimate of drug-likeness (QED) is 0.857. The lowest BCUT2D eigenvalue weighted by atomic mass is 10.0. The van der Waals surface area contributed by atoms with Crippen LogP contribution < -0.4 is 4.74 Å². The molecule has 0 aliphatic rings. The molecule has 0 fully saturated rings. The molecule has 2 nitrogen and oxygen atoms in total. The lowest BCUT2D eigenvalue weighted by Gasteiger charge is -2.12. The smallest absolute Gasteiger partial charge is 0.119 e. The summed E-state index contributed by atoms with van der Waals surface area (Å²) in [5, 5.41) is 12.5. The summed E-state index contributed by atoms with van der Waals surface area (Å²) in [5.41, 5.74) is 2.14. The van der Waals surface area contributed by atoms with Crippen LogP contribution in [0.25, 0.3) is 0 Å². The van der Waals surface area contributed by atoms with E-state index in [9.17, 15) is 5.11 Å². The highest BCUT2D eigenvalue weighted by Gasteiger charge is 2.15. The molecule has 2 rings (SSSR count). The Morgan fingerprint density at radius 1 is 1.16 bits per heavy atom. The van der Waals surface area contributed by atoms with Crippen LogP contribution in [0.2, 0.25) is 0 Å². The predicted molar refractivity (Wildman–Crippen MR) is 80.0 cm³/mol. The molecular weight excluding hydrogens is 256 g/mol. The Morgan fingerprint density at radius 3 is 2.53 bits per heavy atom. The van der Waals surface area contributed by atoms with Gasteiger partial charge in [-0.2, -0.15) is 0 Å². The Labute approximate surface area is 118 Å². The van der Waals surface area contributed by atoms with Crippen molar-refractivity contribution in [3.05, 3.63) is 51.7 Å². The number of aliphatic hydroxyl groups excluding tert-OH is 1. The maximum Gasteiger partial charge on any atom is 0.119 e. The van der Waals surface area contributed by atoms with E-state index in [1.165, 1.54) is 5.56 Å². The maximum absolute atomic E-state index is 10.4. The van der Waals surface area contributed by atoms with E-state index in [2.05, 4.69) is 19.9 Å². The first kappa shape index (κ1) is 14.1. The molecular formula is C16H20O2S. The van der Waals surface area contributed by atoms with Gasteiger partial charge in [-0.25, -0.2) is 0 Å². The third-order valence-electron chi connectivity index (χ3n) is 3.08. The predicted octanol–water partition coefficient (Wildman–Crippen LogP) is 4.18. The molecule has 19 heavy (non-hydrogen) atoms. The molecule has 3 heteroatoms. The van der Waals surface area contributed by atoms with Gasteiger partial charge in [-0.15, -0.1) is 11.3 Å². The van der Waals surface area contributed by atoms with E-state index in [1.807, 2.05) is 29.6 Å². The van der Waals surface area contributed by atoms with Crippen LogP contribution in [0, 0.1) is 0 Å². The summed E-state index contributed by atoms with van der Waals surface area (Å²) in [6.45, 7) is 4.92. The summed E-state index contributed by atoms with van der Waals surface area (Å²) < 4.78 is 5.55. The Kier molecular flexibility index (Phi) is 5.00. The zero-order valence-electron chi connectivity index (χ0n) is 11.4. The van der Waals surface area contributed by atoms with Gasteiger partial charge in [-0.1, -0.05) is 26.0 Å². The molecule has 0 saturated heterocycles. The van der Waals surface area contributed by atoms with Crippen LogP contribution in [0.5, 0.6) is 5.75 Å². The highest BCUT2D eigenvalue weighted by molar-refractivity contribution is 7.10. The van der Waals surface area contributed by atoms with Crippen molar-refractivity contribution in [2.24, 2.45) is 0 Å². The van der Waals surface area contributed by atoms with Crippen LogP contribution in [-0.2, 0) is 6.42 Å². The number of aliphatic hydroxyl groups is 1. The number of ether oxygens (including phenoxy) is 1. The second-order valence-corrected chi connectivity index (χ2v) is 5.43. The molecule has 1 atom stereocenters. The Bertz CT molecular complexity index is 502. The lowest BCUT2D eigenvalue weighted by molar-refractivity contribution is 0.223. The molecule has 0 aliphatic heterocycles. The second kappa shape index (κ2) is 6.73. The summed E-state index contributed by atoms with van der Waals surface area (Å²) in [4.78, 5) is 1.05. The molecule has 0 spiro atoms. The SMILES string of the molecule is CCCOc1ccc(C(O)c2sccc2CC)cc1. The summed E-state index contributed by atoms with van der Waals surface area (Å²) >= 11 is 1.61. The third kappa shape index (κ3) is 3.37. The van der Waals surface area contributed by atoms with Crippen LogP contribution in [0.3, 0.4) is 0 Å². The van der Waals surface area contributed by atoms with Crippen molar-refractivity contribution >= 4 is 11.3 Å². The highest BCUT2D eigenvalue weighted by Crippen LogP contribution is 2.30. The van der Waals surface area contributed by atoms with Crippen molar-refractivity contribution < 1.29 is 9.84 Å². The van der Waals surface area contributed by atoms with Crippen LogP contribution in [0.1, 0.15) is 42.4 Å². The normalized spacial score (nSPS) is 12.4. The largest absolute Gasteiger partial charge is 0.494 e. The van der Waals surface area contributed by atoms with Gasteiger partial charge >= 0.3 is 0 Å². The number of benzene rings is 1. The molecule has 0 saturated carbocycles. The molecule has 1 unspecified atom stereocenters. The van der Waals surface area contributed by atoms with Crippen molar-refractivity contribution in [1.29, 1.82) is 0 Å². The van der Waals surface area contributed by atoms with Crippen molar-refractivity contribution in [3.8, 4) is 5.75 Å². The second-order valence-electron chi connectivity index (χ2n) is 4.48. The summed E-state index contributed by atoms with van der Waals surface area (Å²) in [6, 6.07) is 9.81. The first-order chi connectivity index (χ1) is 9.26. The summed E-state index contributed by atoms with van der Waals surface area (Å²) in [7, 11) is 0. The zero-order valence-corrected chi connectivity index (χ0v) is 12.2. The monoisotopic (exact) mass is 276 g/mol. The number of thiophene rings is 1. The van der Waals surface area contributed by atoms with Crippen LogP contribution >= 0.6 is 11.3 Å². The fourth-order valence-electron chi connectivity index (χ4n) is 2.00. The highest BCUT2D eigenvalue weighted by atomic mass is 32.1. The minimum atomic E-state index is -0.532. The molecule has 1 aromatic carbocycles. The van der Waals surface area contributed by atoms with Crippen molar-refractivity contribution in [1.82, 2.24) is 0 Å². The fourth-order valence-corrected chi connectivity index (χ4v) is 3.00. The van der Waals surface area contributed by atoms with E-state index in [0.717, 1.165) is 35.6 Å². The molecule has 1 heterocycles. The fraction of sp³-hybridized carbons (Fsp3) is 0.375. The standard InChI is InChI=1S/C16H20O2S/c1-3-10-18-14-7-5-13(6-8-14)15(17)16-12(4-2)9-11-19-16/h5-9,11,15,17H,3-4,10H2,1-2H3. The Morgan fingerprint density at radius 2 is 1.89 bits per heavy atom. The molecule has 1 aromatic heterocycles. The van der Waals surface area contributed by atoms with Gasteiger partial charge in [0.15, 0.2) is 0 Å². The first-order valence-corrected chi connectivity index (χ1v) is 7.61. The van der Waals surface area contributed by atoms with Gasteiger partial charge < -0.3 is 9.84 Å². The van der Waals surface area contributed by atoms with E-state index >= 15 is 0 Å². The molecule has 0 amide bonds. The molecule has 102 valence electrons. The summed E-state index contributed by atoms with van der Waals surface area (Å²) in [6.07, 6.45) is 1.42. The average Bonchev–Trinajstić information content (AvgIpc) is 2.93. The van der Waals surface area contributed by atoms with E-state index < -0.39 is 6.10 Å². The van der Waals surface area contributed by atoms with Crippen LogP contribution in [0.15, 0.2) is 35.7 Å². The van der Waals surface area contributed by atoms with E-state index in [-0.39, 0.29) is 0 Å². The molecule has 1 N–H and O–H groups in total. The van der Waals surface area contributed by atoms with Gasteiger partial charge in [0.2, 0.25) is 0 Å². The number of aryl methyl sites for hydroxylation is 1. The van der Waals surface area contributed by atoms with E-state index in [0.29, 0.717) is 0 Å². The maximum atomic E-state index is 10.4. The minimum absolute atomic E-state index is 0.532. The minimum Gasteiger partial charge on any atom is -0.494 e. The Hall–Kier alpha value is -1.32. The van der Waals surface area contributed by atoms with Crippen molar-refractivity contribution in [3.63, 3.8) is 0 Å². The van der Waals surface area contributed by atoms with Gasteiger partial charge in [0.05, 0.1) is 6.61 Å². The Balaban J connectivity index is 2.13. The van der Waals surface area contributed by atoms with Gasteiger partial charge in [0.1, 0.15) is 11.9 Å². The first-order valence-electron chi connectivity index (χ1n) is 6.73. The third-order valence-corrected chi connectivity index (χ3v) is 4.09. The number of hydrogen-bond acceptors (Lipinski definition) is 3.